The number of carbonyl (C=O) groups is 1. The van der Waals surface area contributed by atoms with Crippen LogP contribution >= 0.6 is 0 Å². The summed E-state index contributed by atoms with van der Waals surface area (Å²) in [5, 5.41) is 6.16. The number of H-pyrrole nitrogens is 1. The Labute approximate surface area is 158 Å². The zero-order chi connectivity index (χ0) is 18.9. The van der Waals surface area contributed by atoms with Gasteiger partial charge in [0, 0.05) is 37.1 Å². The van der Waals surface area contributed by atoms with E-state index in [1.807, 2.05) is 42.6 Å². The molecule has 0 bridgehead atoms. The third kappa shape index (κ3) is 5.74. The molecule has 6 heteroatoms. The number of nitrogens with two attached hydrogens (primary N) is 1. The number of nitrogens with zero attached hydrogens (tertiary/aromatic N) is 1. The fraction of sp³-hybridized carbons (Fsp3) is 0.143. The van der Waals surface area contributed by atoms with Crippen LogP contribution in [0.5, 0.6) is 0 Å². The van der Waals surface area contributed by atoms with Crippen molar-refractivity contribution < 1.29 is 4.79 Å². The Morgan fingerprint density at radius 2 is 2.07 bits per heavy atom. The number of nitrogen functional groups attached to an aromatic ring is 1. The highest BCUT2D eigenvalue weighted by molar-refractivity contribution is 6.03. The van der Waals surface area contributed by atoms with E-state index in [0.29, 0.717) is 11.4 Å². The van der Waals surface area contributed by atoms with E-state index in [0.717, 1.165) is 36.5 Å². The first-order chi connectivity index (χ1) is 13.2. The van der Waals surface area contributed by atoms with E-state index in [2.05, 4.69) is 20.6 Å². The van der Waals surface area contributed by atoms with Crippen molar-refractivity contribution in [2.75, 3.05) is 22.9 Å². The van der Waals surface area contributed by atoms with E-state index in [1.54, 1.807) is 24.4 Å². The van der Waals surface area contributed by atoms with Crippen LogP contribution in [0.1, 0.15) is 17.8 Å². The molecule has 0 saturated carbocycles. The minimum Gasteiger partial charge on any atom is -0.397 e. The summed E-state index contributed by atoms with van der Waals surface area (Å²) in [4.78, 5) is 19.4. The van der Waals surface area contributed by atoms with Gasteiger partial charge in [0.15, 0.2) is 0 Å². The van der Waals surface area contributed by atoms with Crippen molar-refractivity contribution in [3.05, 3.63) is 78.4 Å². The average Bonchev–Trinajstić information content (AvgIpc) is 3.19. The molecule has 0 aliphatic heterocycles. The number of hydrogen-bond acceptors (Lipinski definition) is 4. The average molecular weight is 361 g/mol. The first-order valence-electron chi connectivity index (χ1n) is 8.86. The van der Waals surface area contributed by atoms with Crippen molar-refractivity contribution in [3.8, 4) is 0 Å². The maximum Gasteiger partial charge on any atom is 0.248 e. The van der Waals surface area contributed by atoms with Gasteiger partial charge in [0.2, 0.25) is 5.91 Å². The van der Waals surface area contributed by atoms with Gasteiger partial charge in [-0.15, -0.1) is 0 Å². The normalized spacial score (nSPS) is 10.8. The predicted molar refractivity (Wildman–Crippen MR) is 110 cm³/mol. The van der Waals surface area contributed by atoms with Gasteiger partial charge in [-0.3, -0.25) is 4.79 Å². The standard InChI is InChI=1S/C21H23N5O/c22-18-7-1-2-8-19(18)26-21(27)11-10-16-5-3-6-17(15-16)23-12-4-9-20-24-13-14-25-20/h1-3,5-8,10-11,13-15,23H,4,9,12,22H2,(H,24,25)(H,26,27)/b11-10+. The number of para-hydroxylation sites is 2. The van der Waals surface area contributed by atoms with Crippen LogP contribution in [0.4, 0.5) is 17.1 Å². The fourth-order valence-corrected chi connectivity index (χ4v) is 2.63. The second-order valence-electron chi connectivity index (χ2n) is 6.10. The molecule has 5 N–H and O–H groups in total. The number of rotatable bonds is 8. The lowest BCUT2D eigenvalue weighted by Crippen LogP contribution is -2.09. The Morgan fingerprint density at radius 3 is 2.89 bits per heavy atom. The Bertz CT molecular complexity index is 902. The molecule has 3 aromatic rings. The second kappa shape index (κ2) is 9.24. The summed E-state index contributed by atoms with van der Waals surface area (Å²) in [6.45, 7) is 0.849. The van der Waals surface area contributed by atoms with E-state index in [1.165, 1.54) is 6.08 Å². The molecule has 0 unspecified atom stereocenters. The Balaban J connectivity index is 1.49. The number of benzene rings is 2. The Hall–Kier alpha value is -3.54. The monoisotopic (exact) mass is 361 g/mol. The van der Waals surface area contributed by atoms with Crippen molar-refractivity contribution >= 4 is 29.0 Å². The molecule has 2 aromatic carbocycles. The molecule has 27 heavy (non-hydrogen) atoms. The lowest BCUT2D eigenvalue weighted by Gasteiger charge is -2.07. The van der Waals surface area contributed by atoms with Gasteiger partial charge in [-0.2, -0.15) is 0 Å². The fourth-order valence-electron chi connectivity index (χ4n) is 2.63. The molecule has 0 aliphatic carbocycles. The quantitative estimate of drug-likeness (QED) is 0.279. The number of imidazole rings is 1. The first-order valence-corrected chi connectivity index (χ1v) is 8.86. The Morgan fingerprint density at radius 1 is 1.19 bits per heavy atom. The summed E-state index contributed by atoms with van der Waals surface area (Å²) in [5.74, 6) is 0.781. The molecule has 138 valence electrons. The van der Waals surface area contributed by atoms with Crippen LogP contribution in [0.3, 0.4) is 0 Å². The number of nitrogens with one attached hydrogen (secondary N) is 3. The van der Waals surface area contributed by atoms with Crippen LogP contribution < -0.4 is 16.4 Å². The van der Waals surface area contributed by atoms with Crippen LogP contribution in [0, 0.1) is 0 Å². The number of aromatic nitrogens is 2. The molecule has 0 saturated heterocycles. The number of anilines is 3. The zero-order valence-corrected chi connectivity index (χ0v) is 15.0. The number of amides is 1. The van der Waals surface area contributed by atoms with Gasteiger partial charge < -0.3 is 21.4 Å². The van der Waals surface area contributed by atoms with E-state index in [9.17, 15) is 4.79 Å². The minimum atomic E-state index is -0.218. The van der Waals surface area contributed by atoms with Gasteiger partial charge in [0.25, 0.3) is 0 Å². The number of hydrogen-bond donors (Lipinski definition) is 4. The maximum absolute atomic E-state index is 12.1. The van der Waals surface area contributed by atoms with E-state index >= 15 is 0 Å². The summed E-state index contributed by atoms with van der Waals surface area (Å²) in [6, 6.07) is 15.1. The van der Waals surface area contributed by atoms with Gasteiger partial charge in [-0.1, -0.05) is 24.3 Å². The summed E-state index contributed by atoms with van der Waals surface area (Å²) in [7, 11) is 0. The number of carbonyl (C=O) groups excluding carboxylic acids is 1. The predicted octanol–water partition coefficient (Wildman–Crippen LogP) is 3.69. The maximum atomic E-state index is 12.1. The minimum absolute atomic E-state index is 0.218. The summed E-state index contributed by atoms with van der Waals surface area (Å²) >= 11 is 0. The van der Waals surface area contributed by atoms with Crippen molar-refractivity contribution in [3.63, 3.8) is 0 Å². The van der Waals surface area contributed by atoms with Crippen molar-refractivity contribution in [2.24, 2.45) is 0 Å². The molecule has 1 amide bonds. The first kappa shape index (κ1) is 18.3. The highest BCUT2D eigenvalue weighted by Crippen LogP contribution is 2.17. The van der Waals surface area contributed by atoms with Crippen molar-refractivity contribution in [2.45, 2.75) is 12.8 Å². The molecule has 3 rings (SSSR count). The zero-order valence-electron chi connectivity index (χ0n) is 15.0. The molecule has 0 aliphatic rings. The van der Waals surface area contributed by atoms with Gasteiger partial charge in [0.1, 0.15) is 5.82 Å². The SMILES string of the molecule is Nc1ccccc1NC(=O)/C=C/c1cccc(NCCCc2ncc[nH]2)c1. The number of aromatic amines is 1. The van der Waals surface area contributed by atoms with E-state index in [4.69, 9.17) is 5.73 Å². The third-order valence-corrected chi connectivity index (χ3v) is 4.01. The Kier molecular flexibility index (Phi) is 6.25. The van der Waals surface area contributed by atoms with Gasteiger partial charge >= 0.3 is 0 Å². The van der Waals surface area contributed by atoms with Gasteiger partial charge in [0.05, 0.1) is 11.4 Å². The summed E-state index contributed by atoms with van der Waals surface area (Å²) in [6.07, 6.45) is 8.77. The van der Waals surface area contributed by atoms with Crippen LogP contribution in [0.25, 0.3) is 6.08 Å². The van der Waals surface area contributed by atoms with Crippen LogP contribution in [-0.4, -0.2) is 22.4 Å². The second-order valence-corrected chi connectivity index (χ2v) is 6.10. The van der Waals surface area contributed by atoms with Crippen LogP contribution in [-0.2, 0) is 11.2 Å². The molecule has 0 atom stereocenters. The topological polar surface area (TPSA) is 95.8 Å². The highest BCUT2D eigenvalue weighted by atomic mass is 16.1. The highest BCUT2D eigenvalue weighted by Gasteiger charge is 2.01. The number of aryl methyl sites for hydroxylation is 1. The van der Waals surface area contributed by atoms with Crippen molar-refractivity contribution in [1.29, 1.82) is 0 Å². The molecule has 0 spiro atoms. The van der Waals surface area contributed by atoms with E-state index in [-0.39, 0.29) is 5.91 Å². The summed E-state index contributed by atoms with van der Waals surface area (Å²) in [5.41, 5.74) is 8.95. The van der Waals surface area contributed by atoms with Gasteiger partial charge in [-0.25, -0.2) is 4.98 Å². The molecule has 1 aromatic heterocycles. The molecule has 0 radical (unpaired) electrons. The van der Waals surface area contributed by atoms with E-state index < -0.39 is 0 Å². The molecule has 1 heterocycles. The van der Waals surface area contributed by atoms with Crippen LogP contribution in [0.15, 0.2) is 67.0 Å². The smallest absolute Gasteiger partial charge is 0.248 e. The third-order valence-electron chi connectivity index (χ3n) is 4.01. The molecule has 6 nitrogen and oxygen atoms in total. The lowest BCUT2D eigenvalue weighted by atomic mass is 10.1. The molecular weight excluding hydrogens is 338 g/mol. The lowest BCUT2D eigenvalue weighted by molar-refractivity contribution is -0.111. The molecular formula is C21H23N5O. The summed E-state index contributed by atoms with van der Waals surface area (Å²) < 4.78 is 0. The van der Waals surface area contributed by atoms with Crippen LogP contribution in [0.2, 0.25) is 0 Å². The largest absolute Gasteiger partial charge is 0.397 e. The van der Waals surface area contributed by atoms with Crippen molar-refractivity contribution in [1.82, 2.24) is 9.97 Å². The molecule has 0 fully saturated rings. The van der Waals surface area contributed by atoms with Gasteiger partial charge in [-0.05, 0) is 42.3 Å².